The quantitative estimate of drug-likeness (QED) is 0.171. The molecule has 3 aromatic heterocycles. The summed E-state index contributed by atoms with van der Waals surface area (Å²) in [4.78, 5) is 14.6. The lowest BCUT2D eigenvalue weighted by atomic mass is 10.0. The smallest absolute Gasteiger partial charge is 0.164 e. The normalized spacial score (nSPS) is 15.6. The van der Waals surface area contributed by atoms with E-state index in [-0.39, 0.29) is 33.2 Å². The Morgan fingerprint density at radius 1 is 0.393 bits per heavy atom. The molecule has 0 N–H and O–H groups in total. The summed E-state index contributed by atoms with van der Waals surface area (Å²) in [6.07, 6.45) is 0. The van der Waals surface area contributed by atoms with Crippen LogP contribution in [0.3, 0.4) is 0 Å². The summed E-state index contributed by atoms with van der Waals surface area (Å²) in [7, 11) is 0. The number of para-hydroxylation sites is 2. The Morgan fingerprint density at radius 3 is 1.86 bits per heavy atom. The predicted octanol–water partition coefficient (Wildman–Crippen LogP) is 13.2. The van der Waals surface area contributed by atoms with Crippen LogP contribution < -0.4 is 0 Å². The van der Waals surface area contributed by atoms with Crippen molar-refractivity contribution < 1.29 is 26.3 Å². The molecule has 0 atom stereocenters. The highest BCUT2D eigenvalue weighted by Gasteiger charge is 2.17. The number of aromatic nitrogens is 4. The van der Waals surface area contributed by atoms with Crippen molar-refractivity contribution in [2.75, 3.05) is 0 Å². The number of hydrogen-bond acceptors (Lipinski definition) is 4. The van der Waals surface area contributed by atoms with E-state index < -0.39 is 119 Å². The average Bonchev–Trinajstić information content (AvgIpc) is 3.95. The summed E-state index contributed by atoms with van der Waals surface area (Å²) >= 11 is 0. The summed E-state index contributed by atoms with van der Waals surface area (Å²) in [6, 6.07) is 17.6. The van der Waals surface area contributed by atoms with E-state index in [4.69, 9.17) is 34.4 Å². The van der Waals surface area contributed by atoms with Gasteiger partial charge < -0.3 is 8.98 Å². The second-order valence-corrected chi connectivity index (χ2v) is 12.8. The standard InChI is InChI=1S/C51H32N4O/c1-3-12-33(13-4-1)34-22-26-40(27-23-34)55-45-20-9-7-18-41(45)44-31-37(25-29-46(44)55)36-16-11-17-38(30-36)50-52-49(35-14-5-2-6-15-35)53-51(54-50)39-24-28-43-42-19-8-10-21-47(42)56-48(43)32-39/h1-32H/i1D,3D,4D,7D,9D,12D,13D,18D,20D,22D,23D,25D,26D,27D,29D,31D. The Morgan fingerprint density at radius 2 is 1.02 bits per heavy atom. The Labute approximate surface area is 345 Å². The first-order valence-electron chi connectivity index (χ1n) is 25.5. The topological polar surface area (TPSA) is 56.7 Å². The fourth-order valence-corrected chi connectivity index (χ4v) is 6.83. The number of hydrogen-bond donors (Lipinski definition) is 0. The van der Waals surface area contributed by atoms with Gasteiger partial charge in [-0.1, -0.05) is 139 Å². The Balaban J connectivity index is 1.14. The predicted molar refractivity (Wildman–Crippen MR) is 229 cm³/mol. The minimum Gasteiger partial charge on any atom is -0.456 e. The van der Waals surface area contributed by atoms with Crippen LogP contribution in [-0.2, 0) is 0 Å². The van der Waals surface area contributed by atoms with Crippen molar-refractivity contribution >= 4 is 43.7 Å². The summed E-state index contributed by atoms with van der Waals surface area (Å²) in [5, 5.41) is 1.32. The van der Waals surface area contributed by atoms with Gasteiger partial charge in [-0.3, -0.25) is 0 Å². The number of furan rings is 1. The zero-order chi connectivity index (χ0) is 50.9. The van der Waals surface area contributed by atoms with Crippen LogP contribution in [0.15, 0.2) is 198 Å². The molecule has 0 spiro atoms. The second kappa shape index (κ2) is 13.0. The Bertz CT molecular complexity index is 4140. The molecule has 0 bridgehead atoms. The molecule has 0 aliphatic heterocycles. The molecule has 0 fully saturated rings. The van der Waals surface area contributed by atoms with Gasteiger partial charge in [-0.05, 0) is 76.7 Å². The fraction of sp³-hybridized carbons (Fsp3) is 0. The third kappa shape index (κ3) is 5.45. The van der Waals surface area contributed by atoms with Crippen molar-refractivity contribution in [3.05, 3.63) is 194 Å². The van der Waals surface area contributed by atoms with Crippen LogP contribution in [0.25, 0.3) is 106 Å². The van der Waals surface area contributed by atoms with Crippen molar-refractivity contribution in [3.63, 3.8) is 0 Å². The van der Waals surface area contributed by atoms with Gasteiger partial charge in [0.15, 0.2) is 17.5 Å². The molecule has 5 heteroatoms. The lowest BCUT2D eigenvalue weighted by Gasteiger charge is -2.11. The van der Waals surface area contributed by atoms with Crippen LogP contribution in [0.5, 0.6) is 0 Å². The first-order chi connectivity index (χ1) is 34.4. The third-order valence-electron chi connectivity index (χ3n) is 9.46. The first-order valence-corrected chi connectivity index (χ1v) is 17.5. The van der Waals surface area contributed by atoms with Gasteiger partial charge in [-0.15, -0.1) is 0 Å². The van der Waals surface area contributed by atoms with Gasteiger partial charge in [0.2, 0.25) is 0 Å². The van der Waals surface area contributed by atoms with E-state index in [2.05, 4.69) is 0 Å². The molecular formula is C51H32N4O. The molecule has 11 aromatic rings. The van der Waals surface area contributed by atoms with E-state index in [1.165, 1.54) is 0 Å². The molecule has 11 rings (SSSR count). The Hall–Kier alpha value is -7.63. The number of benzene rings is 8. The highest BCUT2D eigenvalue weighted by Crippen LogP contribution is 2.37. The number of fused-ring (bicyclic) bond motifs is 6. The summed E-state index contributed by atoms with van der Waals surface area (Å²) in [6.45, 7) is 0. The Kier molecular flexibility index (Phi) is 4.57. The molecule has 0 aliphatic carbocycles. The lowest BCUT2D eigenvalue weighted by Crippen LogP contribution is -2.00. The zero-order valence-corrected chi connectivity index (χ0v) is 28.9. The van der Waals surface area contributed by atoms with Crippen molar-refractivity contribution in [1.82, 2.24) is 19.5 Å². The van der Waals surface area contributed by atoms with Crippen LogP contribution in [0.4, 0.5) is 0 Å². The van der Waals surface area contributed by atoms with Crippen LogP contribution in [0.2, 0.25) is 0 Å². The third-order valence-corrected chi connectivity index (χ3v) is 9.46. The molecule has 8 aromatic carbocycles. The van der Waals surface area contributed by atoms with Crippen LogP contribution >= 0.6 is 0 Å². The van der Waals surface area contributed by atoms with E-state index in [0.717, 1.165) is 20.9 Å². The number of nitrogens with zero attached hydrogens (tertiary/aromatic N) is 4. The highest BCUT2D eigenvalue weighted by atomic mass is 16.3. The van der Waals surface area contributed by atoms with Gasteiger partial charge in [0.05, 0.1) is 33.0 Å². The largest absolute Gasteiger partial charge is 0.456 e. The maximum absolute atomic E-state index is 9.80. The minimum atomic E-state index is -0.859. The summed E-state index contributed by atoms with van der Waals surface area (Å²) < 4.78 is 150. The zero-order valence-electron chi connectivity index (χ0n) is 44.9. The summed E-state index contributed by atoms with van der Waals surface area (Å²) in [5.74, 6) is 0.888. The average molecular weight is 733 g/mol. The molecule has 3 heterocycles. The molecule has 5 nitrogen and oxygen atoms in total. The fourth-order valence-electron chi connectivity index (χ4n) is 6.83. The summed E-state index contributed by atoms with van der Waals surface area (Å²) in [5.41, 5.74) is 0.561. The van der Waals surface area contributed by atoms with Crippen LogP contribution in [0.1, 0.15) is 21.9 Å². The molecule has 0 saturated heterocycles. The molecular weight excluding hydrogens is 685 g/mol. The lowest BCUT2D eigenvalue weighted by molar-refractivity contribution is 0.669. The van der Waals surface area contributed by atoms with Crippen LogP contribution in [-0.4, -0.2) is 19.5 Å². The molecule has 262 valence electrons. The molecule has 0 saturated carbocycles. The van der Waals surface area contributed by atoms with Crippen LogP contribution in [0, 0.1) is 0 Å². The molecule has 56 heavy (non-hydrogen) atoms. The van der Waals surface area contributed by atoms with Crippen molar-refractivity contribution in [2.24, 2.45) is 0 Å². The van der Waals surface area contributed by atoms with E-state index in [9.17, 15) is 6.85 Å². The molecule has 0 aliphatic rings. The van der Waals surface area contributed by atoms with E-state index >= 15 is 0 Å². The van der Waals surface area contributed by atoms with E-state index in [0.29, 0.717) is 33.9 Å². The molecule has 0 radical (unpaired) electrons. The highest BCUT2D eigenvalue weighted by molar-refractivity contribution is 6.10. The van der Waals surface area contributed by atoms with Gasteiger partial charge >= 0.3 is 0 Å². The first kappa shape index (κ1) is 19.6. The minimum absolute atomic E-state index is 0.121. The van der Waals surface area contributed by atoms with Gasteiger partial charge in [0.25, 0.3) is 0 Å². The molecule has 0 unspecified atom stereocenters. The van der Waals surface area contributed by atoms with Gasteiger partial charge in [-0.25, -0.2) is 15.0 Å². The maximum Gasteiger partial charge on any atom is 0.164 e. The van der Waals surface area contributed by atoms with Gasteiger partial charge in [-0.2, -0.15) is 0 Å². The number of rotatable bonds is 6. The van der Waals surface area contributed by atoms with Gasteiger partial charge in [0.1, 0.15) is 11.2 Å². The van der Waals surface area contributed by atoms with Crippen molar-refractivity contribution in [3.8, 4) is 62.1 Å². The second-order valence-electron chi connectivity index (χ2n) is 12.8. The molecule has 0 amide bonds. The SMILES string of the molecule is [2H]c1c([2H])c([2H])c(-c2c([2H])c([2H])c(-n3c4c([2H])c([2H])c([2H])c([2H])c4c4c([2H])c(-c5cccc(-c6nc(-c7ccccc7)nc(-c7ccc8c(c7)oc7ccccc78)n6)c5)c([2H])c([2H])c43)c([2H])c2[2H])c([2H])c1[2H]. The van der Waals surface area contributed by atoms with Crippen molar-refractivity contribution in [1.29, 1.82) is 0 Å². The maximum atomic E-state index is 9.80. The van der Waals surface area contributed by atoms with E-state index in [1.807, 2.05) is 72.8 Å². The van der Waals surface area contributed by atoms with E-state index in [1.54, 1.807) is 24.3 Å². The van der Waals surface area contributed by atoms with Crippen molar-refractivity contribution in [2.45, 2.75) is 0 Å². The monoisotopic (exact) mass is 732 g/mol. The van der Waals surface area contributed by atoms with Gasteiger partial charge in [0, 0.05) is 43.9 Å².